The van der Waals surface area contributed by atoms with Gasteiger partial charge in [0.2, 0.25) is 0 Å². The third-order valence-electron chi connectivity index (χ3n) is 11.3. The quantitative estimate of drug-likeness (QED) is 0.0704. The van der Waals surface area contributed by atoms with Crippen molar-refractivity contribution in [2.45, 2.75) is 119 Å². The van der Waals surface area contributed by atoms with E-state index in [-0.39, 0.29) is 80.0 Å². The number of ether oxygens (including phenoxy) is 7. The Hall–Kier alpha value is -2.02. The first-order valence-electron chi connectivity index (χ1n) is 21.9. The van der Waals surface area contributed by atoms with E-state index < -0.39 is 125 Å². The fraction of sp³-hybridized carbons (Fsp3) is 1.00. The van der Waals surface area contributed by atoms with E-state index in [0.29, 0.717) is 25.1 Å². The van der Waals surface area contributed by atoms with Crippen molar-refractivity contribution in [3.8, 4) is 0 Å². The van der Waals surface area contributed by atoms with Crippen LogP contribution in [0.5, 0.6) is 0 Å². The van der Waals surface area contributed by atoms with Gasteiger partial charge in [0.15, 0.2) is 0 Å². The van der Waals surface area contributed by atoms with Crippen LogP contribution in [0.2, 0.25) is 0 Å². The van der Waals surface area contributed by atoms with Crippen LogP contribution >= 0.6 is 0 Å². The molecule has 0 aromatic carbocycles. The zero-order valence-corrected chi connectivity index (χ0v) is 40.7. The first kappa shape index (κ1) is 69.0. The maximum absolute atomic E-state index is 13.7. The highest BCUT2D eigenvalue weighted by Gasteiger charge is 2.77. The van der Waals surface area contributed by atoms with E-state index in [0.717, 1.165) is 14.0 Å². The Kier molecular flexibility index (Phi) is 25.1. The van der Waals surface area contributed by atoms with Gasteiger partial charge in [0.25, 0.3) is 0 Å². The highest BCUT2D eigenvalue weighted by molar-refractivity contribution is 4.96. The molecule has 0 saturated carbocycles. The number of piperazine rings is 1. The summed E-state index contributed by atoms with van der Waals surface area (Å²) in [6, 6.07) is -19.3. The Labute approximate surface area is 406 Å². The lowest BCUT2D eigenvalue weighted by Gasteiger charge is -2.43. The topological polar surface area (TPSA) is 80.8 Å². The molecule has 0 aromatic rings. The number of methoxy groups -OCH3 is 3. The van der Waals surface area contributed by atoms with Gasteiger partial charge in [-0.3, -0.25) is 0 Å². The standard InChI is InChI=1S/C11H17F6NO.C10H15F6NO3.C10H15F6NO2.C8H14F4N2O/c1-3-19-11(16,17)9(12,13)10(14,15)18-6-4-8(2)5-7-18;1-18-6-7-20-10(15,16)8(11,12)9(13,14)17-2-4-19-5-3-17;1-6-4-17(5-7(2)19-6)9(13,14)8(11,12)10(15,16)18-3;1-13-3-5-14(6-4-13)7(9,10)8(11,12)15-2/h8H,3-7H2,1-2H3;2-7H2,1H3;6-7H,4-5H2,1-3H3;3-6H2,1-2H3. The maximum atomic E-state index is 13.7. The van der Waals surface area contributed by atoms with Crippen LogP contribution in [0, 0.1) is 5.92 Å². The van der Waals surface area contributed by atoms with Crippen molar-refractivity contribution < 1.29 is 130 Å². The molecule has 4 rings (SSSR count). The van der Waals surface area contributed by atoms with Crippen molar-refractivity contribution in [1.29, 1.82) is 0 Å². The van der Waals surface area contributed by atoms with Gasteiger partial charge in [0.1, 0.15) is 0 Å². The van der Waals surface area contributed by atoms with Gasteiger partial charge in [-0.1, -0.05) is 6.92 Å². The number of piperidine rings is 1. The van der Waals surface area contributed by atoms with Crippen molar-refractivity contribution in [1.82, 2.24) is 24.5 Å². The number of hydrogen-bond acceptors (Lipinski definition) is 12. The van der Waals surface area contributed by atoms with Crippen LogP contribution < -0.4 is 0 Å². The number of rotatable bonds is 19. The fourth-order valence-corrected chi connectivity index (χ4v) is 6.80. The number of nitrogens with zero attached hydrogens (tertiary/aromatic N) is 5. The Bertz CT molecular complexity index is 1600. The minimum absolute atomic E-state index is 0.00123. The Balaban J connectivity index is 0.000000489. The summed E-state index contributed by atoms with van der Waals surface area (Å²) < 4.78 is 320. The third-order valence-corrected chi connectivity index (χ3v) is 11.3. The lowest BCUT2D eigenvalue weighted by Crippen LogP contribution is -2.66. The van der Waals surface area contributed by atoms with Crippen molar-refractivity contribution in [3.05, 3.63) is 0 Å². The number of morpholine rings is 2. The number of likely N-dealkylation sites (N-methyl/N-ethyl adjacent to an activating group) is 1. The molecule has 0 N–H and O–H groups in total. The van der Waals surface area contributed by atoms with Crippen molar-refractivity contribution in [2.24, 2.45) is 5.92 Å². The zero-order valence-electron chi connectivity index (χ0n) is 40.7. The molecule has 2 atom stereocenters. The predicted octanol–water partition coefficient (Wildman–Crippen LogP) is 9.01. The van der Waals surface area contributed by atoms with Crippen LogP contribution in [0.25, 0.3) is 0 Å². The highest BCUT2D eigenvalue weighted by atomic mass is 19.4. The van der Waals surface area contributed by atoms with Gasteiger partial charge in [-0.25, -0.2) is 19.6 Å². The SMILES string of the molecule is CCOC(F)(F)C(F)(F)C(F)(F)N1CCC(C)CC1.COC(F)(F)C(F)(F)C(F)(F)N1CC(C)OC(C)C1.COC(F)(F)C(F)(F)N1CCN(C)CC1.COCCOC(F)(F)C(F)(F)C(F)(F)N1CCOCC1. The molecule has 73 heavy (non-hydrogen) atoms. The van der Waals surface area contributed by atoms with Crippen LogP contribution in [0.15, 0.2) is 0 Å². The summed E-state index contributed by atoms with van der Waals surface area (Å²) in [6.45, 7) is 0.524. The first-order valence-corrected chi connectivity index (χ1v) is 21.9. The minimum atomic E-state index is -5.68. The molecule has 4 heterocycles. The molecule has 0 radical (unpaired) electrons. The molecule has 4 fully saturated rings. The second-order valence-corrected chi connectivity index (χ2v) is 16.9. The second kappa shape index (κ2) is 26.6. The molecule has 0 spiro atoms. The monoisotopic (exact) mass is 1130 g/mol. The molecule has 0 aliphatic carbocycles. The molecule has 34 heteroatoms. The van der Waals surface area contributed by atoms with Gasteiger partial charge < -0.3 is 38.1 Å². The molecule has 438 valence electrons. The normalized spacial score (nSPS) is 22.4. The van der Waals surface area contributed by atoms with Crippen LogP contribution in [0.1, 0.15) is 40.5 Å². The van der Waals surface area contributed by atoms with E-state index in [1.54, 1.807) is 18.9 Å². The van der Waals surface area contributed by atoms with Gasteiger partial charge in [-0.2, -0.15) is 96.6 Å². The lowest BCUT2D eigenvalue weighted by atomic mass is 9.98. The van der Waals surface area contributed by atoms with E-state index in [1.165, 1.54) is 13.8 Å². The number of alkyl halides is 22. The molecular formula is C39H61F22N5O7. The number of hydrogen-bond donors (Lipinski definition) is 0. The molecule has 0 amide bonds. The van der Waals surface area contributed by atoms with Gasteiger partial charge in [0, 0.05) is 86.8 Å². The fourth-order valence-electron chi connectivity index (χ4n) is 6.80. The lowest BCUT2D eigenvalue weighted by molar-refractivity contribution is -0.425. The van der Waals surface area contributed by atoms with Gasteiger partial charge in [-0.15, -0.1) is 0 Å². The van der Waals surface area contributed by atoms with Crippen molar-refractivity contribution in [3.63, 3.8) is 0 Å². The molecule has 0 bridgehead atoms. The van der Waals surface area contributed by atoms with E-state index >= 15 is 0 Å². The number of halogens is 22. The average molecular weight is 1130 g/mol. The minimum Gasteiger partial charge on any atom is -0.382 e. The molecule has 0 aromatic heterocycles. The summed E-state index contributed by atoms with van der Waals surface area (Å²) in [7, 11) is 3.70. The zero-order chi connectivity index (χ0) is 57.1. The Morgan fingerprint density at radius 3 is 1.21 bits per heavy atom. The van der Waals surface area contributed by atoms with E-state index in [1.807, 2.05) is 0 Å². The summed E-state index contributed by atoms with van der Waals surface area (Å²) in [5.74, 6) is -16.8. The van der Waals surface area contributed by atoms with Crippen molar-refractivity contribution >= 4 is 0 Å². The van der Waals surface area contributed by atoms with Gasteiger partial charge >= 0.3 is 66.4 Å². The summed E-state index contributed by atoms with van der Waals surface area (Å²) >= 11 is 0. The highest BCUT2D eigenvalue weighted by Crippen LogP contribution is 2.51. The summed E-state index contributed by atoms with van der Waals surface area (Å²) in [4.78, 5) is 2.33. The van der Waals surface area contributed by atoms with Crippen LogP contribution in [0.4, 0.5) is 96.6 Å². The summed E-state index contributed by atoms with van der Waals surface area (Å²) in [5, 5.41) is 0. The smallest absolute Gasteiger partial charge is 0.382 e. The van der Waals surface area contributed by atoms with Crippen LogP contribution in [-0.4, -0.2) is 230 Å². The second-order valence-electron chi connectivity index (χ2n) is 16.9. The van der Waals surface area contributed by atoms with Crippen molar-refractivity contribution in [2.75, 3.05) is 127 Å². The predicted molar refractivity (Wildman–Crippen MR) is 211 cm³/mol. The molecule has 12 nitrogen and oxygen atoms in total. The maximum Gasteiger partial charge on any atom is 0.434 e. The summed E-state index contributed by atoms with van der Waals surface area (Å²) in [6.07, 6.45) is -21.2. The first-order chi connectivity index (χ1) is 33.0. The molecular weight excluding hydrogens is 1070 g/mol. The average Bonchev–Trinajstić information content (AvgIpc) is 3.29. The molecule has 4 aliphatic heterocycles. The van der Waals surface area contributed by atoms with Gasteiger partial charge in [0.05, 0.1) is 45.2 Å². The summed E-state index contributed by atoms with van der Waals surface area (Å²) in [5.41, 5.74) is 0. The van der Waals surface area contributed by atoms with E-state index in [9.17, 15) is 96.6 Å². The van der Waals surface area contributed by atoms with E-state index in [4.69, 9.17) is 9.47 Å². The Morgan fingerprint density at radius 2 is 0.808 bits per heavy atom. The molecule has 2 unspecified atom stereocenters. The number of likely N-dealkylation sites (tertiary alicyclic amines) is 1. The van der Waals surface area contributed by atoms with Crippen LogP contribution in [-0.2, 0) is 33.2 Å². The molecule has 4 saturated heterocycles. The Morgan fingerprint density at radius 1 is 0.438 bits per heavy atom. The van der Waals surface area contributed by atoms with E-state index in [2.05, 4.69) is 23.7 Å². The van der Waals surface area contributed by atoms with Crippen LogP contribution in [0.3, 0.4) is 0 Å². The van der Waals surface area contributed by atoms with Gasteiger partial charge in [-0.05, 0) is 46.6 Å². The molecule has 4 aliphatic rings. The largest absolute Gasteiger partial charge is 0.434 e. The third kappa shape index (κ3) is 16.3.